The van der Waals surface area contributed by atoms with Crippen molar-refractivity contribution in [2.45, 2.75) is 31.3 Å². The number of benzene rings is 1. The molecule has 0 radical (unpaired) electrons. The molecule has 3 N–H and O–H groups in total. The van der Waals surface area contributed by atoms with Crippen molar-refractivity contribution in [2.75, 3.05) is 13.2 Å². The molecule has 1 atom stereocenters. The summed E-state index contributed by atoms with van der Waals surface area (Å²) in [5.74, 6) is -0.155. The normalized spacial score (nSPS) is 23.4. The molecule has 1 aliphatic heterocycles. The van der Waals surface area contributed by atoms with Crippen LogP contribution in [0, 0.1) is 0 Å². The second kappa shape index (κ2) is 5.23. The smallest absolute Gasteiger partial charge is 0.243 e. The molecule has 19 heavy (non-hydrogen) atoms. The summed E-state index contributed by atoms with van der Waals surface area (Å²) < 4.78 is 6.24. The van der Waals surface area contributed by atoms with Gasteiger partial charge in [-0.1, -0.05) is 28.1 Å². The molecule has 1 saturated heterocycles. The average molecular weight is 327 g/mol. The van der Waals surface area contributed by atoms with Gasteiger partial charge in [-0.15, -0.1) is 0 Å². The first-order valence-corrected chi connectivity index (χ1v) is 7.08. The van der Waals surface area contributed by atoms with Crippen molar-refractivity contribution in [3.8, 4) is 0 Å². The third-order valence-electron chi connectivity index (χ3n) is 3.50. The van der Waals surface area contributed by atoms with Crippen LogP contribution in [-0.2, 0) is 15.1 Å². The van der Waals surface area contributed by atoms with E-state index < -0.39 is 11.1 Å². The Labute approximate surface area is 121 Å². The van der Waals surface area contributed by atoms with E-state index in [-0.39, 0.29) is 12.5 Å². The summed E-state index contributed by atoms with van der Waals surface area (Å²) in [6.45, 7) is 4.76. The molecule has 5 heteroatoms. The number of carbonyl (C=O) groups excluding carboxylic acids is 1. The first kappa shape index (κ1) is 14.5. The Hall–Kier alpha value is -0.910. The van der Waals surface area contributed by atoms with Crippen molar-refractivity contribution in [2.24, 2.45) is 5.73 Å². The van der Waals surface area contributed by atoms with E-state index >= 15 is 0 Å². The Kier molecular flexibility index (Phi) is 3.99. The van der Waals surface area contributed by atoms with Gasteiger partial charge in [0.2, 0.25) is 5.91 Å². The van der Waals surface area contributed by atoms with E-state index in [1.165, 1.54) is 0 Å². The summed E-state index contributed by atoms with van der Waals surface area (Å²) in [7, 11) is 0. The lowest BCUT2D eigenvalue weighted by Crippen LogP contribution is -2.58. The fourth-order valence-corrected chi connectivity index (χ4v) is 2.37. The molecule has 104 valence electrons. The second-order valence-electron chi connectivity index (χ2n) is 5.54. The molecule has 1 aromatic carbocycles. The lowest BCUT2D eigenvalue weighted by atomic mass is 9.91. The van der Waals surface area contributed by atoms with Gasteiger partial charge in [-0.3, -0.25) is 4.79 Å². The highest BCUT2D eigenvalue weighted by atomic mass is 79.9. The van der Waals surface area contributed by atoms with Crippen molar-refractivity contribution in [1.29, 1.82) is 0 Å². The molecule has 1 aliphatic rings. The SMILES string of the molecule is CC(C)(NC(=O)C1(N)CCOC1)c1ccc(Br)cc1. The molecule has 4 nitrogen and oxygen atoms in total. The highest BCUT2D eigenvalue weighted by molar-refractivity contribution is 9.10. The second-order valence-corrected chi connectivity index (χ2v) is 6.46. The van der Waals surface area contributed by atoms with Crippen LogP contribution in [0.15, 0.2) is 28.7 Å². The topological polar surface area (TPSA) is 64.4 Å². The van der Waals surface area contributed by atoms with Gasteiger partial charge in [0.1, 0.15) is 5.54 Å². The molecule has 1 aromatic rings. The van der Waals surface area contributed by atoms with Crippen LogP contribution in [0.25, 0.3) is 0 Å². The van der Waals surface area contributed by atoms with Crippen molar-refractivity contribution in [3.63, 3.8) is 0 Å². The zero-order valence-corrected chi connectivity index (χ0v) is 12.8. The maximum atomic E-state index is 12.3. The third kappa shape index (κ3) is 3.16. The van der Waals surface area contributed by atoms with Crippen LogP contribution in [0.1, 0.15) is 25.8 Å². The van der Waals surface area contributed by atoms with Crippen molar-refractivity contribution >= 4 is 21.8 Å². The van der Waals surface area contributed by atoms with Gasteiger partial charge in [0.15, 0.2) is 0 Å². The molecule has 0 saturated carbocycles. The summed E-state index contributed by atoms with van der Waals surface area (Å²) in [6.07, 6.45) is 0.565. The van der Waals surface area contributed by atoms with Gasteiger partial charge in [0, 0.05) is 11.1 Å². The predicted octanol–water partition coefficient (Wildman–Crippen LogP) is 1.92. The first-order chi connectivity index (χ1) is 8.83. The van der Waals surface area contributed by atoms with E-state index in [0.717, 1.165) is 10.0 Å². The van der Waals surface area contributed by atoms with Crippen molar-refractivity contribution in [3.05, 3.63) is 34.3 Å². The Balaban J connectivity index is 2.12. The number of hydrogen-bond donors (Lipinski definition) is 2. The maximum absolute atomic E-state index is 12.3. The third-order valence-corrected chi connectivity index (χ3v) is 4.02. The Morgan fingerprint density at radius 1 is 1.42 bits per heavy atom. The van der Waals surface area contributed by atoms with Gasteiger partial charge < -0.3 is 15.8 Å². The monoisotopic (exact) mass is 326 g/mol. The van der Waals surface area contributed by atoms with E-state index in [9.17, 15) is 4.79 Å². The number of rotatable bonds is 3. The molecule has 0 aromatic heterocycles. The molecule has 1 fully saturated rings. The van der Waals surface area contributed by atoms with Crippen LogP contribution in [-0.4, -0.2) is 24.7 Å². The van der Waals surface area contributed by atoms with Crippen molar-refractivity contribution < 1.29 is 9.53 Å². The summed E-state index contributed by atoms with van der Waals surface area (Å²) in [6, 6.07) is 7.89. The number of nitrogens with one attached hydrogen (secondary N) is 1. The summed E-state index contributed by atoms with van der Waals surface area (Å²) in [4.78, 5) is 12.3. The number of carbonyl (C=O) groups is 1. The Morgan fingerprint density at radius 3 is 2.58 bits per heavy atom. The highest BCUT2D eigenvalue weighted by Crippen LogP contribution is 2.24. The number of hydrogen-bond acceptors (Lipinski definition) is 3. The number of amides is 1. The molecule has 1 amide bonds. The summed E-state index contributed by atoms with van der Waals surface area (Å²) >= 11 is 3.40. The minimum atomic E-state index is -0.896. The van der Waals surface area contributed by atoms with E-state index in [0.29, 0.717) is 13.0 Å². The molecule has 0 spiro atoms. The fourth-order valence-electron chi connectivity index (χ4n) is 2.11. The van der Waals surface area contributed by atoms with E-state index in [2.05, 4.69) is 21.2 Å². The van der Waals surface area contributed by atoms with Crippen LogP contribution in [0.5, 0.6) is 0 Å². The fraction of sp³-hybridized carbons (Fsp3) is 0.500. The minimum Gasteiger partial charge on any atom is -0.379 e. The van der Waals surface area contributed by atoms with Gasteiger partial charge in [-0.2, -0.15) is 0 Å². The van der Waals surface area contributed by atoms with E-state index in [1.54, 1.807) is 0 Å². The standard InChI is InChI=1S/C14H19BrN2O2/c1-13(2,10-3-5-11(15)6-4-10)17-12(18)14(16)7-8-19-9-14/h3-6H,7-9,16H2,1-2H3,(H,17,18). The van der Waals surface area contributed by atoms with Gasteiger partial charge in [0.05, 0.1) is 12.1 Å². The van der Waals surface area contributed by atoms with Crippen LogP contribution in [0.3, 0.4) is 0 Å². The average Bonchev–Trinajstić information content (AvgIpc) is 2.77. The summed E-state index contributed by atoms with van der Waals surface area (Å²) in [5.41, 5.74) is 5.74. The largest absolute Gasteiger partial charge is 0.379 e. The Bertz CT molecular complexity index is 465. The molecule has 0 aliphatic carbocycles. The summed E-state index contributed by atoms with van der Waals surface area (Å²) in [5, 5.41) is 3.02. The van der Waals surface area contributed by atoms with Crippen LogP contribution < -0.4 is 11.1 Å². The molecule has 1 unspecified atom stereocenters. The number of ether oxygens (including phenoxy) is 1. The zero-order chi connectivity index (χ0) is 14.1. The van der Waals surface area contributed by atoms with Crippen LogP contribution in [0.2, 0.25) is 0 Å². The van der Waals surface area contributed by atoms with Crippen LogP contribution >= 0.6 is 15.9 Å². The molecule has 1 heterocycles. The van der Waals surface area contributed by atoms with E-state index in [1.807, 2.05) is 38.1 Å². The number of nitrogens with two attached hydrogens (primary N) is 1. The molecule has 0 bridgehead atoms. The van der Waals surface area contributed by atoms with Gasteiger partial charge >= 0.3 is 0 Å². The quantitative estimate of drug-likeness (QED) is 0.891. The maximum Gasteiger partial charge on any atom is 0.243 e. The van der Waals surface area contributed by atoms with Crippen LogP contribution in [0.4, 0.5) is 0 Å². The predicted molar refractivity (Wildman–Crippen MR) is 77.7 cm³/mol. The first-order valence-electron chi connectivity index (χ1n) is 6.29. The van der Waals surface area contributed by atoms with Crippen molar-refractivity contribution in [1.82, 2.24) is 5.32 Å². The lowest BCUT2D eigenvalue weighted by molar-refractivity contribution is -0.128. The molecular weight excluding hydrogens is 308 g/mol. The zero-order valence-electron chi connectivity index (χ0n) is 11.2. The molecular formula is C14H19BrN2O2. The minimum absolute atomic E-state index is 0.155. The van der Waals surface area contributed by atoms with Gasteiger partial charge in [0.25, 0.3) is 0 Å². The van der Waals surface area contributed by atoms with Gasteiger partial charge in [-0.25, -0.2) is 0 Å². The number of halogens is 1. The Morgan fingerprint density at radius 2 is 2.05 bits per heavy atom. The van der Waals surface area contributed by atoms with Gasteiger partial charge in [-0.05, 0) is 38.0 Å². The lowest BCUT2D eigenvalue weighted by Gasteiger charge is -2.31. The van der Waals surface area contributed by atoms with E-state index in [4.69, 9.17) is 10.5 Å². The molecule has 2 rings (SSSR count). The highest BCUT2D eigenvalue weighted by Gasteiger charge is 2.40.